The van der Waals surface area contributed by atoms with E-state index in [1.54, 1.807) is 27.4 Å². The summed E-state index contributed by atoms with van der Waals surface area (Å²) in [5.74, 6) is 1.85. The molecule has 0 saturated carbocycles. The van der Waals surface area contributed by atoms with Crippen LogP contribution in [0.15, 0.2) is 36.4 Å². The molecule has 2 aromatic rings. The molecule has 0 aliphatic rings. The molecule has 0 saturated heterocycles. The van der Waals surface area contributed by atoms with Crippen LogP contribution in [0.1, 0.15) is 17.2 Å². The number of ether oxygens (including phenoxy) is 3. The van der Waals surface area contributed by atoms with E-state index in [4.69, 9.17) is 31.5 Å². The van der Waals surface area contributed by atoms with Crippen LogP contribution in [0.25, 0.3) is 0 Å². The predicted molar refractivity (Wildman–Crippen MR) is 83.6 cm³/mol. The van der Waals surface area contributed by atoms with Crippen molar-refractivity contribution in [1.29, 1.82) is 0 Å². The predicted octanol–water partition coefficient (Wildman–Crippen LogP) is 3.41. The van der Waals surface area contributed by atoms with Crippen LogP contribution in [0.5, 0.6) is 17.2 Å². The molecule has 0 aromatic heterocycles. The molecular formula is C16H18ClNO3. The molecule has 1 atom stereocenters. The highest BCUT2D eigenvalue weighted by Gasteiger charge is 2.16. The van der Waals surface area contributed by atoms with Crippen LogP contribution in [-0.4, -0.2) is 21.3 Å². The first-order chi connectivity index (χ1) is 10.1. The molecule has 0 spiro atoms. The Morgan fingerprint density at radius 2 is 1.57 bits per heavy atom. The maximum absolute atomic E-state index is 6.30. The normalized spacial score (nSPS) is 11.9. The van der Waals surface area contributed by atoms with Crippen molar-refractivity contribution in [3.8, 4) is 17.2 Å². The molecule has 112 valence electrons. The van der Waals surface area contributed by atoms with Crippen molar-refractivity contribution in [1.82, 2.24) is 0 Å². The highest BCUT2D eigenvalue weighted by molar-refractivity contribution is 6.32. The van der Waals surface area contributed by atoms with Crippen molar-refractivity contribution in [2.45, 2.75) is 6.04 Å². The Balaban J connectivity index is 2.38. The van der Waals surface area contributed by atoms with Crippen molar-refractivity contribution in [2.24, 2.45) is 5.73 Å². The van der Waals surface area contributed by atoms with Gasteiger partial charge in [-0.2, -0.15) is 0 Å². The summed E-state index contributed by atoms with van der Waals surface area (Å²) in [5.41, 5.74) is 8.10. The van der Waals surface area contributed by atoms with Gasteiger partial charge in [0.15, 0.2) is 11.5 Å². The number of methoxy groups -OCH3 is 3. The second-order valence-electron chi connectivity index (χ2n) is 4.49. The second-order valence-corrected chi connectivity index (χ2v) is 4.90. The molecule has 0 radical (unpaired) electrons. The molecule has 4 nitrogen and oxygen atoms in total. The Kier molecular flexibility index (Phi) is 4.94. The standard InChI is InChI=1S/C16H18ClNO3/c1-19-12-6-4-10(5-7-12)15(18)11-8-13(17)16(21-3)14(9-11)20-2/h4-9,15H,18H2,1-3H3. The van der Waals surface area contributed by atoms with Gasteiger partial charge in [-0.25, -0.2) is 0 Å². The summed E-state index contributed by atoms with van der Waals surface area (Å²) in [7, 11) is 4.74. The third kappa shape index (κ3) is 3.23. The van der Waals surface area contributed by atoms with E-state index < -0.39 is 0 Å². The van der Waals surface area contributed by atoms with E-state index in [1.807, 2.05) is 30.3 Å². The van der Waals surface area contributed by atoms with E-state index in [0.717, 1.165) is 16.9 Å². The zero-order chi connectivity index (χ0) is 15.4. The molecule has 0 amide bonds. The fourth-order valence-electron chi connectivity index (χ4n) is 2.12. The van der Waals surface area contributed by atoms with Gasteiger partial charge < -0.3 is 19.9 Å². The number of hydrogen-bond acceptors (Lipinski definition) is 4. The molecule has 0 aliphatic carbocycles. The van der Waals surface area contributed by atoms with Crippen LogP contribution in [-0.2, 0) is 0 Å². The number of benzene rings is 2. The lowest BCUT2D eigenvalue weighted by Gasteiger charge is -2.17. The van der Waals surface area contributed by atoms with Gasteiger partial charge in [-0.15, -0.1) is 0 Å². The van der Waals surface area contributed by atoms with Gasteiger partial charge in [-0.1, -0.05) is 23.7 Å². The van der Waals surface area contributed by atoms with Crippen LogP contribution in [0, 0.1) is 0 Å². The molecular weight excluding hydrogens is 290 g/mol. The molecule has 2 N–H and O–H groups in total. The van der Waals surface area contributed by atoms with Crippen molar-refractivity contribution in [2.75, 3.05) is 21.3 Å². The van der Waals surface area contributed by atoms with E-state index in [-0.39, 0.29) is 6.04 Å². The Morgan fingerprint density at radius 3 is 2.10 bits per heavy atom. The van der Waals surface area contributed by atoms with Gasteiger partial charge in [0.1, 0.15) is 5.75 Å². The Morgan fingerprint density at radius 1 is 0.905 bits per heavy atom. The zero-order valence-corrected chi connectivity index (χ0v) is 13.0. The molecule has 0 heterocycles. The fraction of sp³-hybridized carbons (Fsp3) is 0.250. The van der Waals surface area contributed by atoms with E-state index in [9.17, 15) is 0 Å². The van der Waals surface area contributed by atoms with Crippen LogP contribution >= 0.6 is 11.6 Å². The number of rotatable bonds is 5. The first kappa shape index (κ1) is 15.5. The van der Waals surface area contributed by atoms with Gasteiger partial charge in [-0.3, -0.25) is 0 Å². The molecule has 2 aromatic carbocycles. The van der Waals surface area contributed by atoms with Gasteiger partial charge >= 0.3 is 0 Å². The second kappa shape index (κ2) is 6.70. The monoisotopic (exact) mass is 307 g/mol. The average molecular weight is 308 g/mol. The van der Waals surface area contributed by atoms with Crippen molar-refractivity contribution < 1.29 is 14.2 Å². The molecule has 5 heteroatoms. The van der Waals surface area contributed by atoms with Gasteiger partial charge in [0, 0.05) is 0 Å². The maximum Gasteiger partial charge on any atom is 0.179 e. The van der Waals surface area contributed by atoms with Crippen LogP contribution in [0.3, 0.4) is 0 Å². The van der Waals surface area contributed by atoms with Crippen LogP contribution < -0.4 is 19.9 Å². The Labute approximate surface area is 129 Å². The summed E-state index contributed by atoms with van der Waals surface area (Å²) in [6.45, 7) is 0. The summed E-state index contributed by atoms with van der Waals surface area (Å²) in [6.07, 6.45) is 0. The molecule has 0 fully saturated rings. The maximum atomic E-state index is 6.30. The quantitative estimate of drug-likeness (QED) is 0.919. The summed E-state index contributed by atoms with van der Waals surface area (Å²) in [5, 5.41) is 0.468. The lowest BCUT2D eigenvalue weighted by Crippen LogP contribution is -2.12. The number of halogens is 1. The molecule has 0 bridgehead atoms. The van der Waals surface area contributed by atoms with E-state index >= 15 is 0 Å². The lowest BCUT2D eigenvalue weighted by molar-refractivity contribution is 0.354. The van der Waals surface area contributed by atoms with Gasteiger partial charge in [0.25, 0.3) is 0 Å². The van der Waals surface area contributed by atoms with E-state index in [1.165, 1.54) is 0 Å². The molecule has 1 unspecified atom stereocenters. The van der Waals surface area contributed by atoms with Crippen molar-refractivity contribution in [3.05, 3.63) is 52.5 Å². The first-order valence-corrected chi connectivity index (χ1v) is 6.79. The SMILES string of the molecule is COc1ccc(C(N)c2cc(Cl)c(OC)c(OC)c2)cc1. The van der Waals surface area contributed by atoms with E-state index in [2.05, 4.69) is 0 Å². The fourth-order valence-corrected chi connectivity index (χ4v) is 2.42. The number of hydrogen-bond donors (Lipinski definition) is 1. The van der Waals surface area contributed by atoms with E-state index in [0.29, 0.717) is 16.5 Å². The van der Waals surface area contributed by atoms with Crippen molar-refractivity contribution in [3.63, 3.8) is 0 Å². The van der Waals surface area contributed by atoms with Gasteiger partial charge in [0.2, 0.25) is 0 Å². The van der Waals surface area contributed by atoms with Crippen LogP contribution in [0.4, 0.5) is 0 Å². The van der Waals surface area contributed by atoms with Crippen molar-refractivity contribution >= 4 is 11.6 Å². The molecule has 2 rings (SSSR count). The van der Waals surface area contributed by atoms with Gasteiger partial charge in [-0.05, 0) is 35.4 Å². The highest BCUT2D eigenvalue weighted by atomic mass is 35.5. The third-order valence-corrected chi connectivity index (χ3v) is 3.57. The Hall–Kier alpha value is -1.91. The largest absolute Gasteiger partial charge is 0.497 e. The minimum absolute atomic E-state index is 0.312. The molecule has 21 heavy (non-hydrogen) atoms. The highest BCUT2D eigenvalue weighted by Crippen LogP contribution is 2.38. The summed E-state index contributed by atoms with van der Waals surface area (Å²) in [4.78, 5) is 0. The number of nitrogens with two attached hydrogens (primary N) is 1. The topological polar surface area (TPSA) is 53.7 Å². The smallest absolute Gasteiger partial charge is 0.179 e. The third-order valence-electron chi connectivity index (χ3n) is 3.29. The lowest BCUT2D eigenvalue weighted by atomic mass is 9.99. The minimum atomic E-state index is -0.312. The molecule has 0 aliphatic heterocycles. The Bertz CT molecular complexity index is 614. The first-order valence-electron chi connectivity index (χ1n) is 6.41. The summed E-state index contributed by atoms with van der Waals surface area (Å²) >= 11 is 6.21. The van der Waals surface area contributed by atoms with Gasteiger partial charge in [0.05, 0.1) is 32.4 Å². The average Bonchev–Trinajstić information content (AvgIpc) is 2.53. The van der Waals surface area contributed by atoms with Crippen LogP contribution in [0.2, 0.25) is 5.02 Å². The summed E-state index contributed by atoms with van der Waals surface area (Å²) < 4.78 is 15.7. The summed E-state index contributed by atoms with van der Waals surface area (Å²) in [6, 6.07) is 10.9. The zero-order valence-electron chi connectivity index (χ0n) is 12.2. The minimum Gasteiger partial charge on any atom is -0.497 e.